The van der Waals surface area contributed by atoms with Gasteiger partial charge in [-0.1, -0.05) is 68.3 Å². The minimum absolute atomic E-state index is 0.0312. The molecule has 1 amide bonds. The fourth-order valence-corrected chi connectivity index (χ4v) is 4.67. The van der Waals surface area contributed by atoms with E-state index in [9.17, 15) is 4.79 Å². The van der Waals surface area contributed by atoms with Gasteiger partial charge in [-0.15, -0.1) is 0 Å². The first-order valence-corrected chi connectivity index (χ1v) is 10.0. The molecule has 0 radical (unpaired) electrons. The van der Waals surface area contributed by atoms with Gasteiger partial charge in [0.2, 0.25) is 0 Å². The van der Waals surface area contributed by atoms with Crippen LogP contribution in [-0.2, 0) is 11.3 Å². The Hall–Kier alpha value is -2.49. The van der Waals surface area contributed by atoms with E-state index in [2.05, 4.69) is 35.8 Å². The van der Waals surface area contributed by atoms with Crippen molar-refractivity contribution in [2.45, 2.75) is 51.3 Å². The van der Waals surface area contributed by atoms with Crippen LogP contribution in [0, 0.1) is 11.8 Å². The fraction of sp³-hybridized carbons (Fsp3) is 0.435. The highest BCUT2D eigenvalue weighted by molar-refractivity contribution is 5.69. The van der Waals surface area contributed by atoms with Crippen molar-refractivity contribution in [3.05, 3.63) is 65.7 Å². The second-order valence-electron chi connectivity index (χ2n) is 7.84. The molecule has 4 rings (SSSR count). The lowest BCUT2D eigenvalue weighted by Crippen LogP contribution is -2.46. The molecular formula is C23H28N2O2. The maximum atomic E-state index is 12.5. The largest absolute Gasteiger partial charge is 0.445 e. The molecule has 2 aromatic rings. The minimum Gasteiger partial charge on any atom is -0.445 e. The molecule has 2 aliphatic rings. The molecule has 1 fully saturated rings. The molecule has 4 heteroatoms. The van der Waals surface area contributed by atoms with Crippen molar-refractivity contribution in [2.75, 3.05) is 5.32 Å². The van der Waals surface area contributed by atoms with Gasteiger partial charge in [0.1, 0.15) is 6.61 Å². The van der Waals surface area contributed by atoms with Crippen LogP contribution in [0.2, 0.25) is 0 Å². The zero-order chi connectivity index (χ0) is 18.6. The lowest BCUT2D eigenvalue weighted by molar-refractivity contribution is 0.129. The molecule has 0 saturated heterocycles. The maximum Gasteiger partial charge on any atom is 0.407 e. The number of hydrogen-bond acceptors (Lipinski definition) is 3. The van der Waals surface area contributed by atoms with E-state index in [1.807, 2.05) is 36.4 Å². The van der Waals surface area contributed by atoms with Crippen LogP contribution in [0.1, 0.15) is 49.8 Å². The van der Waals surface area contributed by atoms with Gasteiger partial charge in [-0.2, -0.15) is 0 Å². The number of para-hydroxylation sites is 1. The number of nitrogens with one attached hydrogen (secondary N) is 2. The number of carbonyl (C=O) groups excluding carboxylic acids is 1. The van der Waals surface area contributed by atoms with Gasteiger partial charge in [0.25, 0.3) is 0 Å². The Kier molecular flexibility index (Phi) is 5.33. The van der Waals surface area contributed by atoms with E-state index >= 15 is 0 Å². The highest BCUT2D eigenvalue weighted by Gasteiger charge is 2.39. The van der Waals surface area contributed by atoms with Gasteiger partial charge in [-0.05, 0) is 36.0 Å². The molecule has 2 N–H and O–H groups in total. The van der Waals surface area contributed by atoms with E-state index in [1.165, 1.54) is 25.7 Å². The van der Waals surface area contributed by atoms with Crippen molar-refractivity contribution in [1.82, 2.24) is 5.32 Å². The third kappa shape index (κ3) is 3.95. The van der Waals surface area contributed by atoms with Gasteiger partial charge in [0, 0.05) is 17.6 Å². The molecular weight excluding hydrogens is 336 g/mol. The zero-order valence-corrected chi connectivity index (χ0v) is 15.9. The Labute approximate surface area is 161 Å². The normalized spacial score (nSPS) is 24.7. The number of carbonyl (C=O) groups is 1. The lowest BCUT2D eigenvalue weighted by Gasteiger charge is -2.41. The summed E-state index contributed by atoms with van der Waals surface area (Å²) < 4.78 is 5.48. The monoisotopic (exact) mass is 364 g/mol. The minimum atomic E-state index is -0.349. The van der Waals surface area contributed by atoms with Crippen LogP contribution in [0.25, 0.3) is 0 Å². The van der Waals surface area contributed by atoms with E-state index in [0.29, 0.717) is 24.5 Å². The zero-order valence-electron chi connectivity index (χ0n) is 15.9. The SMILES string of the molecule is C[C@H]1[C@H](NC(=O)OCc2ccccc2)c2ccccc2N[C@@H]1C1CCCC1. The predicted molar refractivity (Wildman–Crippen MR) is 107 cm³/mol. The average molecular weight is 364 g/mol. The Bertz CT molecular complexity index is 771. The van der Waals surface area contributed by atoms with Gasteiger partial charge in [-0.3, -0.25) is 0 Å². The Morgan fingerprint density at radius 2 is 1.78 bits per heavy atom. The molecule has 4 nitrogen and oxygen atoms in total. The molecule has 0 aromatic heterocycles. The third-order valence-electron chi connectivity index (χ3n) is 6.10. The van der Waals surface area contributed by atoms with E-state index in [1.54, 1.807) is 0 Å². The molecule has 0 unspecified atom stereocenters. The van der Waals surface area contributed by atoms with Crippen LogP contribution in [0.5, 0.6) is 0 Å². The van der Waals surface area contributed by atoms with Crippen LogP contribution in [-0.4, -0.2) is 12.1 Å². The highest BCUT2D eigenvalue weighted by atomic mass is 16.5. The van der Waals surface area contributed by atoms with Crippen LogP contribution < -0.4 is 10.6 Å². The maximum absolute atomic E-state index is 12.5. The number of hydrogen-bond donors (Lipinski definition) is 2. The highest BCUT2D eigenvalue weighted by Crippen LogP contribution is 2.42. The molecule has 0 spiro atoms. The Morgan fingerprint density at radius 3 is 2.56 bits per heavy atom. The molecule has 0 bridgehead atoms. The van der Waals surface area contributed by atoms with E-state index in [-0.39, 0.29) is 12.1 Å². The predicted octanol–water partition coefficient (Wildman–Crippen LogP) is 5.27. The fourth-order valence-electron chi connectivity index (χ4n) is 4.67. The van der Waals surface area contributed by atoms with Gasteiger partial charge < -0.3 is 15.4 Å². The first kappa shape index (κ1) is 17.9. The smallest absolute Gasteiger partial charge is 0.407 e. The quantitative estimate of drug-likeness (QED) is 0.776. The van der Waals surface area contributed by atoms with Crippen molar-refractivity contribution < 1.29 is 9.53 Å². The summed E-state index contributed by atoms with van der Waals surface area (Å²) in [6, 6.07) is 18.5. The Morgan fingerprint density at radius 1 is 1.07 bits per heavy atom. The van der Waals surface area contributed by atoms with Gasteiger partial charge in [0.05, 0.1) is 6.04 Å². The number of rotatable bonds is 4. The van der Waals surface area contributed by atoms with Crippen molar-refractivity contribution in [3.63, 3.8) is 0 Å². The molecule has 1 aliphatic heterocycles. The van der Waals surface area contributed by atoms with Crippen LogP contribution in [0.3, 0.4) is 0 Å². The summed E-state index contributed by atoms with van der Waals surface area (Å²) >= 11 is 0. The van der Waals surface area contributed by atoms with Crippen LogP contribution in [0.15, 0.2) is 54.6 Å². The number of fused-ring (bicyclic) bond motifs is 1. The number of benzene rings is 2. The summed E-state index contributed by atoms with van der Waals surface area (Å²) in [4.78, 5) is 12.5. The molecule has 142 valence electrons. The number of anilines is 1. The lowest BCUT2D eigenvalue weighted by atomic mass is 9.77. The Balaban J connectivity index is 1.48. The second kappa shape index (κ2) is 8.03. The van der Waals surface area contributed by atoms with E-state index in [4.69, 9.17) is 4.74 Å². The standard InChI is InChI=1S/C23H28N2O2/c1-16-21(18-11-5-6-12-18)24-20-14-8-7-13-19(20)22(16)25-23(26)27-15-17-9-3-2-4-10-17/h2-4,7-10,13-14,16,18,21-22,24H,5-6,11-12,15H2,1H3,(H,25,26)/t16-,21+,22+/m1/s1. The summed E-state index contributed by atoms with van der Waals surface area (Å²) in [5.41, 5.74) is 3.28. The van der Waals surface area contributed by atoms with E-state index in [0.717, 1.165) is 16.8 Å². The molecule has 2 aromatic carbocycles. The van der Waals surface area contributed by atoms with Gasteiger partial charge in [0.15, 0.2) is 0 Å². The molecule has 1 saturated carbocycles. The van der Waals surface area contributed by atoms with E-state index < -0.39 is 0 Å². The van der Waals surface area contributed by atoms with Crippen molar-refractivity contribution in [2.24, 2.45) is 11.8 Å². The first-order valence-electron chi connectivity index (χ1n) is 10.0. The summed E-state index contributed by atoms with van der Waals surface area (Å²) in [6.07, 6.45) is 4.82. The number of ether oxygens (including phenoxy) is 1. The number of alkyl carbamates (subject to hydrolysis) is 1. The van der Waals surface area contributed by atoms with Crippen molar-refractivity contribution in [3.8, 4) is 0 Å². The summed E-state index contributed by atoms with van der Waals surface area (Å²) in [5.74, 6) is 0.991. The topological polar surface area (TPSA) is 50.4 Å². The van der Waals surface area contributed by atoms with Crippen molar-refractivity contribution in [1.29, 1.82) is 0 Å². The van der Waals surface area contributed by atoms with Gasteiger partial charge in [-0.25, -0.2) is 4.79 Å². The first-order chi connectivity index (χ1) is 13.2. The summed E-state index contributed by atoms with van der Waals surface area (Å²) in [6.45, 7) is 2.54. The molecule has 27 heavy (non-hydrogen) atoms. The number of amides is 1. The van der Waals surface area contributed by atoms with Gasteiger partial charge >= 0.3 is 6.09 Å². The molecule has 1 aliphatic carbocycles. The average Bonchev–Trinajstić information content (AvgIpc) is 3.24. The summed E-state index contributed by atoms with van der Waals surface area (Å²) in [5, 5.41) is 6.90. The van der Waals surface area contributed by atoms with Crippen LogP contribution in [0.4, 0.5) is 10.5 Å². The third-order valence-corrected chi connectivity index (χ3v) is 6.10. The second-order valence-corrected chi connectivity index (χ2v) is 7.84. The molecule has 3 atom stereocenters. The van der Waals surface area contributed by atoms with Crippen LogP contribution >= 0.6 is 0 Å². The molecule has 1 heterocycles. The summed E-state index contributed by atoms with van der Waals surface area (Å²) in [7, 11) is 0. The van der Waals surface area contributed by atoms with Crippen molar-refractivity contribution >= 4 is 11.8 Å².